The highest BCUT2D eigenvalue weighted by Gasteiger charge is 2.10. The molecule has 0 aromatic heterocycles. The van der Waals surface area contributed by atoms with Crippen LogP contribution in [0.3, 0.4) is 0 Å². The molecule has 78 valence electrons. The highest BCUT2D eigenvalue weighted by molar-refractivity contribution is 6.35. The van der Waals surface area contributed by atoms with E-state index in [1.54, 1.807) is 6.07 Å². The molecule has 0 bridgehead atoms. The monoisotopic (exact) mass is 199 g/mol. The van der Waals surface area contributed by atoms with Crippen LogP contribution in [0.1, 0.15) is 6.92 Å². The molecule has 0 heterocycles. The Hall–Kier alpha value is -1.61. The van der Waals surface area contributed by atoms with Crippen LogP contribution in [0, 0.1) is 11.3 Å². The lowest BCUT2D eigenvalue weighted by Crippen LogP contribution is -2.41. The standard InChI is InChI=1S/C8H13N3O3/c1-2-14-6-5-11-8(13)7(12)10-4-3-9/h2,4-6H2,1H3,(H,10,12)(H,11,13). The number of hydrogen-bond donors (Lipinski definition) is 2. The highest BCUT2D eigenvalue weighted by atomic mass is 16.5. The fourth-order valence-electron chi connectivity index (χ4n) is 0.661. The molecule has 0 saturated heterocycles. The van der Waals surface area contributed by atoms with Gasteiger partial charge < -0.3 is 15.4 Å². The Labute approximate surface area is 82.2 Å². The van der Waals surface area contributed by atoms with E-state index in [2.05, 4.69) is 10.6 Å². The number of carbonyl (C=O) groups excluding carboxylic acids is 2. The second-order valence-corrected chi connectivity index (χ2v) is 2.29. The average molecular weight is 199 g/mol. The summed E-state index contributed by atoms with van der Waals surface area (Å²) in [5.41, 5.74) is 0. The first-order valence-corrected chi connectivity index (χ1v) is 4.23. The van der Waals surface area contributed by atoms with Crippen molar-refractivity contribution in [3.05, 3.63) is 0 Å². The van der Waals surface area contributed by atoms with Gasteiger partial charge in [-0.3, -0.25) is 9.59 Å². The Balaban J connectivity index is 3.53. The number of nitriles is 1. The number of nitrogens with zero attached hydrogens (tertiary/aromatic N) is 1. The van der Waals surface area contributed by atoms with Gasteiger partial charge in [-0.1, -0.05) is 0 Å². The van der Waals surface area contributed by atoms with E-state index in [-0.39, 0.29) is 13.1 Å². The lowest BCUT2D eigenvalue weighted by molar-refractivity contribution is -0.139. The third kappa shape index (κ3) is 5.97. The van der Waals surface area contributed by atoms with E-state index in [9.17, 15) is 9.59 Å². The molecule has 0 aliphatic heterocycles. The van der Waals surface area contributed by atoms with Crippen molar-refractivity contribution in [2.24, 2.45) is 0 Å². The Bertz CT molecular complexity index is 234. The van der Waals surface area contributed by atoms with Crippen LogP contribution >= 0.6 is 0 Å². The molecular weight excluding hydrogens is 186 g/mol. The normalized spacial score (nSPS) is 8.86. The molecule has 0 aromatic carbocycles. The minimum Gasteiger partial charge on any atom is -0.380 e. The van der Waals surface area contributed by atoms with Crippen LogP contribution < -0.4 is 10.6 Å². The zero-order valence-corrected chi connectivity index (χ0v) is 8.00. The Morgan fingerprint density at radius 3 is 2.57 bits per heavy atom. The Kier molecular flexibility index (Phi) is 7.09. The van der Waals surface area contributed by atoms with Gasteiger partial charge >= 0.3 is 11.8 Å². The van der Waals surface area contributed by atoms with Crippen LogP contribution in [0.15, 0.2) is 0 Å². The van der Waals surface area contributed by atoms with Crippen molar-refractivity contribution in [3.63, 3.8) is 0 Å². The molecule has 0 unspecified atom stereocenters. The van der Waals surface area contributed by atoms with Crippen molar-refractivity contribution in [3.8, 4) is 6.07 Å². The predicted octanol–water partition coefficient (Wildman–Crippen LogP) is -1.22. The van der Waals surface area contributed by atoms with Crippen LogP contribution in [0.5, 0.6) is 0 Å². The fraction of sp³-hybridized carbons (Fsp3) is 0.625. The zero-order valence-electron chi connectivity index (χ0n) is 8.00. The first-order valence-electron chi connectivity index (χ1n) is 4.23. The lowest BCUT2D eigenvalue weighted by atomic mass is 10.5. The van der Waals surface area contributed by atoms with Crippen molar-refractivity contribution in [1.29, 1.82) is 5.26 Å². The highest BCUT2D eigenvalue weighted by Crippen LogP contribution is 1.72. The zero-order chi connectivity index (χ0) is 10.8. The molecule has 0 atom stereocenters. The maximum atomic E-state index is 10.9. The van der Waals surface area contributed by atoms with Gasteiger partial charge in [0.15, 0.2) is 0 Å². The van der Waals surface area contributed by atoms with Crippen LogP contribution in [0.4, 0.5) is 0 Å². The minimum absolute atomic E-state index is 0.169. The summed E-state index contributed by atoms with van der Waals surface area (Å²) in [5.74, 6) is -1.55. The molecule has 0 aliphatic rings. The van der Waals surface area contributed by atoms with Crippen LogP contribution in [0.2, 0.25) is 0 Å². The summed E-state index contributed by atoms with van der Waals surface area (Å²) in [6.07, 6.45) is 0. The number of carbonyl (C=O) groups is 2. The number of hydrogen-bond acceptors (Lipinski definition) is 4. The van der Waals surface area contributed by atoms with Gasteiger partial charge in [0.05, 0.1) is 12.7 Å². The molecule has 0 fully saturated rings. The summed E-state index contributed by atoms with van der Waals surface area (Å²) in [5, 5.41) is 12.6. The summed E-state index contributed by atoms with van der Waals surface area (Å²) in [4.78, 5) is 21.8. The Morgan fingerprint density at radius 1 is 1.36 bits per heavy atom. The molecular formula is C8H13N3O3. The molecule has 6 nitrogen and oxygen atoms in total. The van der Waals surface area contributed by atoms with Crippen molar-refractivity contribution in [2.75, 3.05) is 26.3 Å². The Morgan fingerprint density at radius 2 is 2.00 bits per heavy atom. The van der Waals surface area contributed by atoms with E-state index in [1.807, 2.05) is 6.92 Å². The van der Waals surface area contributed by atoms with Crippen LogP contribution in [-0.4, -0.2) is 38.1 Å². The van der Waals surface area contributed by atoms with Crippen molar-refractivity contribution in [2.45, 2.75) is 6.92 Å². The maximum Gasteiger partial charge on any atom is 0.310 e. The van der Waals surface area contributed by atoms with Gasteiger partial charge in [0.25, 0.3) is 0 Å². The topological polar surface area (TPSA) is 91.2 Å². The molecule has 6 heteroatoms. The minimum atomic E-state index is -0.803. The summed E-state index contributed by atoms with van der Waals surface area (Å²) in [6.45, 7) is 2.88. The van der Waals surface area contributed by atoms with Gasteiger partial charge in [0.2, 0.25) is 0 Å². The molecule has 0 aromatic rings. The van der Waals surface area contributed by atoms with Gasteiger partial charge in [-0.2, -0.15) is 5.26 Å². The molecule has 2 amide bonds. The van der Waals surface area contributed by atoms with E-state index < -0.39 is 11.8 Å². The first-order chi connectivity index (χ1) is 6.72. The summed E-state index contributed by atoms with van der Waals surface area (Å²) < 4.78 is 4.95. The van der Waals surface area contributed by atoms with E-state index in [4.69, 9.17) is 10.00 Å². The van der Waals surface area contributed by atoms with E-state index in [0.717, 1.165) is 0 Å². The fourth-order valence-corrected chi connectivity index (χ4v) is 0.661. The quantitative estimate of drug-likeness (QED) is 0.330. The number of rotatable bonds is 5. The molecule has 0 radical (unpaired) electrons. The second-order valence-electron chi connectivity index (χ2n) is 2.29. The lowest BCUT2D eigenvalue weighted by Gasteiger charge is -2.03. The van der Waals surface area contributed by atoms with Gasteiger partial charge in [-0.15, -0.1) is 0 Å². The van der Waals surface area contributed by atoms with Gasteiger partial charge in [-0.05, 0) is 6.92 Å². The number of nitrogens with one attached hydrogen (secondary N) is 2. The molecule has 0 aliphatic carbocycles. The van der Waals surface area contributed by atoms with Gasteiger partial charge in [-0.25, -0.2) is 0 Å². The number of amides is 2. The van der Waals surface area contributed by atoms with E-state index >= 15 is 0 Å². The summed E-state index contributed by atoms with van der Waals surface area (Å²) in [7, 11) is 0. The third-order valence-electron chi connectivity index (χ3n) is 1.27. The van der Waals surface area contributed by atoms with Crippen molar-refractivity contribution >= 4 is 11.8 Å². The van der Waals surface area contributed by atoms with Gasteiger partial charge in [0, 0.05) is 13.2 Å². The molecule has 0 rings (SSSR count). The van der Waals surface area contributed by atoms with Crippen molar-refractivity contribution in [1.82, 2.24) is 10.6 Å². The van der Waals surface area contributed by atoms with E-state index in [0.29, 0.717) is 13.2 Å². The molecule has 0 saturated carbocycles. The second kappa shape index (κ2) is 8.01. The van der Waals surface area contributed by atoms with Crippen LogP contribution in [-0.2, 0) is 14.3 Å². The first kappa shape index (κ1) is 12.4. The molecule has 0 spiro atoms. The van der Waals surface area contributed by atoms with Gasteiger partial charge in [0.1, 0.15) is 6.54 Å². The largest absolute Gasteiger partial charge is 0.380 e. The average Bonchev–Trinajstić information content (AvgIpc) is 2.20. The van der Waals surface area contributed by atoms with E-state index in [1.165, 1.54) is 0 Å². The van der Waals surface area contributed by atoms with Crippen LogP contribution in [0.25, 0.3) is 0 Å². The maximum absolute atomic E-state index is 10.9. The summed E-state index contributed by atoms with van der Waals surface area (Å²) in [6, 6.07) is 1.69. The molecule has 14 heavy (non-hydrogen) atoms. The SMILES string of the molecule is CCOCCNC(=O)C(=O)NCC#N. The number of ether oxygens (including phenoxy) is 1. The molecule has 2 N–H and O–H groups in total. The third-order valence-corrected chi connectivity index (χ3v) is 1.27. The van der Waals surface area contributed by atoms with Crippen molar-refractivity contribution < 1.29 is 14.3 Å². The summed E-state index contributed by atoms with van der Waals surface area (Å²) >= 11 is 0. The predicted molar refractivity (Wildman–Crippen MR) is 48.1 cm³/mol. The smallest absolute Gasteiger partial charge is 0.310 e.